The number of carbonyl (C=O) groups excluding carboxylic acids is 3. The van der Waals surface area contributed by atoms with Gasteiger partial charge in [0.1, 0.15) is 29.7 Å². The van der Waals surface area contributed by atoms with Gasteiger partial charge in [0.2, 0.25) is 5.60 Å². The first kappa shape index (κ1) is 49.8. The molecule has 0 amide bonds. The Morgan fingerprint density at radius 1 is 1.04 bits per heavy atom. The van der Waals surface area contributed by atoms with Gasteiger partial charge in [-0.3, -0.25) is 19.4 Å². The van der Waals surface area contributed by atoms with Crippen molar-refractivity contribution < 1.29 is 53.2 Å². The highest BCUT2D eigenvalue weighted by Gasteiger charge is 2.80. The second-order valence-electron chi connectivity index (χ2n) is 19.9. The maximum Gasteiger partial charge on any atom is 0.434 e. The number of H-pyrrole nitrogens is 1. The molecule has 19 heteroatoms. The largest absolute Gasteiger partial charge is 0.496 e. The average Bonchev–Trinajstić information content (AvgIpc) is 4.14. The van der Waals surface area contributed by atoms with Crippen LogP contribution in [0.5, 0.6) is 5.75 Å². The number of esters is 3. The molecule has 380 valence electrons. The van der Waals surface area contributed by atoms with E-state index in [0.717, 1.165) is 52.9 Å². The predicted octanol–water partition coefficient (Wildman–Crippen LogP) is 4.55. The average molecular weight is 980 g/mol. The number of hydrogen-bond acceptors (Lipinski definition) is 16. The number of anilines is 1. The summed E-state index contributed by atoms with van der Waals surface area (Å²) in [5.74, 6) is -1.59. The Hall–Kier alpha value is -6.12. The number of nitrogens with zero attached hydrogens (tertiary/aromatic N) is 6. The molecule has 2 bridgehead atoms. The van der Waals surface area contributed by atoms with Crippen molar-refractivity contribution in [3.8, 4) is 5.75 Å². The van der Waals surface area contributed by atoms with Crippen LogP contribution >= 0.6 is 0 Å². The summed E-state index contributed by atoms with van der Waals surface area (Å²) in [6, 6.07) is 11.2. The van der Waals surface area contributed by atoms with Crippen molar-refractivity contribution in [3.05, 3.63) is 105 Å². The van der Waals surface area contributed by atoms with Crippen LogP contribution in [0.25, 0.3) is 10.9 Å². The summed E-state index contributed by atoms with van der Waals surface area (Å²) >= 11 is 0. The van der Waals surface area contributed by atoms with Crippen LogP contribution in [0.4, 0.5) is 11.6 Å². The van der Waals surface area contributed by atoms with Crippen LogP contribution in [0.2, 0.25) is 0 Å². The van der Waals surface area contributed by atoms with Crippen molar-refractivity contribution in [2.75, 3.05) is 73.2 Å². The first-order valence-electron chi connectivity index (χ1n) is 24.3. The Bertz CT molecular complexity index is 2810. The fourth-order valence-electron chi connectivity index (χ4n) is 13.9. The van der Waals surface area contributed by atoms with Gasteiger partial charge >= 0.3 is 23.9 Å². The van der Waals surface area contributed by atoms with E-state index in [4.69, 9.17) is 23.7 Å². The zero-order valence-electron chi connectivity index (χ0n) is 41.7. The topological polar surface area (TPSA) is 224 Å². The number of fused-ring (bicyclic) bond motifs is 6. The number of para-hydroxylation sites is 1. The first-order chi connectivity index (χ1) is 34.0. The van der Waals surface area contributed by atoms with Crippen LogP contribution in [0.1, 0.15) is 68.8 Å². The smallest absolute Gasteiger partial charge is 0.434 e. The number of aromatic nitrogens is 3. The fourth-order valence-corrected chi connectivity index (χ4v) is 13.9. The zero-order valence-corrected chi connectivity index (χ0v) is 41.7. The van der Waals surface area contributed by atoms with Crippen LogP contribution in [-0.4, -0.2) is 156 Å². The Morgan fingerprint density at radius 2 is 1.80 bits per heavy atom. The number of hydrogen-bond donors (Lipinski definition) is 3. The first-order valence-corrected chi connectivity index (χ1v) is 24.3. The third-order valence-corrected chi connectivity index (χ3v) is 16.4. The van der Waals surface area contributed by atoms with E-state index < -0.39 is 57.0 Å². The molecule has 1 saturated heterocycles. The van der Waals surface area contributed by atoms with Crippen LogP contribution in [0.15, 0.2) is 72.6 Å². The van der Waals surface area contributed by atoms with Gasteiger partial charge in [0.15, 0.2) is 6.10 Å². The number of aliphatic hydroxyl groups excluding tert-OH is 1. The molecule has 2 fully saturated rings. The van der Waals surface area contributed by atoms with Gasteiger partial charge in [-0.25, -0.2) is 9.36 Å². The summed E-state index contributed by atoms with van der Waals surface area (Å²) in [6.45, 7) is 9.43. The molecular formula is C52H65N7O12. The molecule has 71 heavy (non-hydrogen) atoms. The predicted molar refractivity (Wildman–Crippen MR) is 261 cm³/mol. The maximum absolute atomic E-state index is 15.2. The highest BCUT2D eigenvalue weighted by Crippen LogP contribution is 2.68. The molecule has 19 nitrogen and oxygen atoms in total. The molecule has 2 aromatic heterocycles. The molecule has 6 aliphatic rings. The Labute approximate surface area is 412 Å². The third-order valence-electron chi connectivity index (χ3n) is 16.4. The Balaban J connectivity index is 0.000000386. The van der Waals surface area contributed by atoms with Crippen LogP contribution in [0, 0.1) is 21.4 Å². The van der Waals surface area contributed by atoms with E-state index in [1.807, 2.05) is 37.1 Å². The Morgan fingerprint density at radius 3 is 2.48 bits per heavy atom. The molecule has 0 radical (unpaired) electrons. The van der Waals surface area contributed by atoms with Crippen LogP contribution in [0.3, 0.4) is 0 Å². The summed E-state index contributed by atoms with van der Waals surface area (Å²) in [6.07, 6.45) is 9.66. The number of likely N-dealkylation sites (N-methyl/N-ethyl adjacent to an activating group) is 1. The van der Waals surface area contributed by atoms with E-state index in [0.29, 0.717) is 50.2 Å². The van der Waals surface area contributed by atoms with Crippen molar-refractivity contribution in [3.63, 3.8) is 0 Å². The summed E-state index contributed by atoms with van der Waals surface area (Å²) in [7, 11) is 7.67. The van der Waals surface area contributed by atoms with Gasteiger partial charge in [0.25, 0.3) is 0 Å². The van der Waals surface area contributed by atoms with Gasteiger partial charge in [-0.1, -0.05) is 60.8 Å². The van der Waals surface area contributed by atoms with Gasteiger partial charge in [-0.05, 0) is 66.3 Å². The zero-order chi connectivity index (χ0) is 50.8. The number of nitrogens with one attached hydrogen (secondary N) is 1. The SMILES string of the molecule is CCC1=C[C@@H]2CN(C1)Cc1c([nH]c3ccccc13)[C@@](C(=O)OC)(c1cc3c(cc1OC)N(C)[C@H]1[C@@](O)(C(=O)OC)[C@H](OC(C)=O)[C@]4(CC)C=CCN5CC[C@]31[C@@H]54)C2.COCC(O)Cn1ccnc1[N+](=O)[O-]. The van der Waals surface area contributed by atoms with Crippen molar-refractivity contribution in [1.82, 2.24) is 24.3 Å². The highest BCUT2D eigenvalue weighted by molar-refractivity contribution is 5.95. The van der Waals surface area contributed by atoms with Crippen molar-refractivity contribution in [2.45, 2.75) is 100 Å². The lowest BCUT2D eigenvalue weighted by Crippen LogP contribution is -2.81. The van der Waals surface area contributed by atoms with E-state index in [1.54, 1.807) is 7.11 Å². The molecule has 3 N–H and O–H groups in total. The van der Waals surface area contributed by atoms with E-state index in [2.05, 4.69) is 63.1 Å². The highest BCUT2D eigenvalue weighted by atomic mass is 16.6. The summed E-state index contributed by atoms with van der Waals surface area (Å²) in [4.78, 5) is 66.5. The number of ether oxygens (including phenoxy) is 5. The lowest BCUT2D eigenvalue weighted by Gasteiger charge is -2.63. The molecule has 10 atom stereocenters. The molecule has 5 aliphatic heterocycles. The van der Waals surface area contributed by atoms with E-state index in [1.165, 1.54) is 50.8 Å². The molecular weight excluding hydrogens is 915 g/mol. The number of rotatable bonds is 12. The van der Waals surface area contributed by atoms with Crippen molar-refractivity contribution in [1.29, 1.82) is 0 Å². The van der Waals surface area contributed by atoms with Gasteiger partial charge < -0.3 is 53.9 Å². The van der Waals surface area contributed by atoms with Crippen LogP contribution in [-0.2, 0) is 57.3 Å². The number of aliphatic hydroxyl groups is 2. The molecule has 1 spiro atoms. The van der Waals surface area contributed by atoms with E-state index in [9.17, 15) is 29.9 Å². The lowest BCUT2D eigenvalue weighted by molar-refractivity contribution is -0.397. The second kappa shape index (κ2) is 18.8. The number of benzene rings is 2. The minimum absolute atomic E-state index is 0.0284. The number of nitro groups is 1. The second-order valence-corrected chi connectivity index (χ2v) is 19.9. The van der Waals surface area contributed by atoms with Gasteiger partial charge in [-0.2, -0.15) is 0 Å². The fraction of sp³-hybridized carbons (Fsp3) is 0.538. The molecule has 10 rings (SSSR count). The van der Waals surface area contributed by atoms with Crippen molar-refractivity contribution >= 4 is 40.4 Å². The monoisotopic (exact) mass is 979 g/mol. The number of aromatic amines is 1. The van der Waals surface area contributed by atoms with Crippen molar-refractivity contribution in [2.24, 2.45) is 11.3 Å². The quantitative estimate of drug-likeness (QED) is 0.0582. The molecule has 1 saturated carbocycles. The maximum atomic E-state index is 15.2. The summed E-state index contributed by atoms with van der Waals surface area (Å²) in [5, 5.41) is 34.1. The van der Waals surface area contributed by atoms with Gasteiger partial charge in [0.05, 0.1) is 40.5 Å². The molecule has 4 aromatic rings. The summed E-state index contributed by atoms with van der Waals surface area (Å²) in [5.41, 5.74) is 1.05. The number of carbonyl (C=O) groups is 3. The van der Waals surface area contributed by atoms with Crippen LogP contribution < -0.4 is 9.64 Å². The van der Waals surface area contributed by atoms with E-state index >= 15 is 4.79 Å². The number of methoxy groups -OCH3 is 4. The minimum atomic E-state index is -2.27. The summed E-state index contributed by atoms with van der Waals surface area (Å²) < 4.78 is 29.9. The lowest BCUT2D eigenvalue weighted by atomic mass is 9.47. The minimum Gasteiger partial charge on any atom is -0.496 e. The molecule has 7 heterocycles. The molecule has 1 aliphatic carbocycles. The molecule has 2 unspecified atom stereocenters. The van der Waals surface area contributed by atoms with Gasteiger partial charge in [-0.15, -0.1) is 0 Å². The van der Waals surface area contributed by atoms with Gasteiger partial charge in [0, 0.05) is 98.0 Å². The normalized spacial score (nSPS) is 30.5. The van der Waals surface area contributed by atoms with E-state index in [-0.39, 0.29) is 37.0 Å². The number of imidazole rings is 1. The Kier molecular flexibility index (Phi) is 13.2. The molecule has 2 aromatic carbocycles. The third kappa shape index (κ3) is 7.48. The standard InChI is InChI=1S/C45H54N4O8.C7H11N3O4/c1-8-27-19-28-22-44(40(51)55-6,36-30(25-48(23-27)24-28)29-13-10-11-14-33(29)46-36)32-20-31-34(21-35(32)54-5)47(4)38-43(31)16-18-49-17-12-15-42(9-2,37(43)49)39(57-26(3)50)45(38,53)41(52)56-7;1-14-5-6(11)4-9-3-2-8-7(9)10(12)13/h10-15,19-21,28,37-39,46,53H,8-9,16-18,22-25H2,1-7H3;2-3,6,11H,4-5H2,1H3/t28-,37-,38+,39+,42+,43+,44-,45-;/m0./s1.